The van der Waals surface area contributed by atoms with Crippen LogP contribution in [0.15, 0.2) is 41.6 Å². The Hall–Kier alpha value is -2.43. The lowest BCUT2D eigenvalue weighted by molar-refractivity contribution is 1.09. The van der Waals surface area contributed by atoms with E-state index in [-0.39, 0.29) is 5.56 Å². The third kappa shape index (κ3) is 1.38. The molecule has 78 valence electrons. The summed E-state index contributed by atoms with van der Waals surface area (Å²) in [5.41, 5.74) is 3.24. The standard InChI is InChI=1S/C11H8N4O/c16-11-2-1-9-10(15-11)3-7(4-12-9)8-5-13-14-6-8/h1-6H,(H,13,14)(H,15,16). The molecule has 0 bridgehead atoms. The summed E-state index contributed by atoms with van der Waals surface area (Å²) in [5.74, 6) is 0. The molecule has 0 saturated carbocycles. The van der Waals surface area contributed by atoms with Gasteiger partial charge in [0.25, 0.3) is 0 Å². The van der Waals surface area contributed by atoms with E-state index in [1.165, 1.54) is 6.07 Å². The molecule has 0 radical (unpaired) electrons. The van der Waals surface area contributed by atoms with Gasteiger partial charge in [0.1, 0.15) is 0 Å². The van der Waals surface area contributed by atoms with E-state index >= 15 is 0 Å². The fourth-order valence-electron chi connectivity index (χ4n) is 1.60. The summed E-state index contributed by atoms with van der Waals surface area (Å²) in [6.45, 7) is 0. The summed E-state index contributed by atoms with van der Waals surface area (Å²) in [6, 6.07) is 5.05. The normalized spacial score (nSPS) is 10.8. The van der Waals surface area contributed by atoms with Crippen LogP contribution in [-0.2, 0) is 0 Å². The van der Waals surface area contributed by atoms with Crippen LogP contribution in [0.1, 0.15) is 0 Å². The maximum absolute atomic E-state index is 11.2. The molecule has 0 aliphatic carbocycles. The van der Waals surface area contributed by atoms with Crippen LogP contribution in [0.3, 0.4) is 0 Å². The molecule has 0 aliphatic heterocycles. The minimum atomic E-state index is -0.126. The highest BCUT2D eigenvalue weighted by Gasteiger charge is 2.01. The predicted molar refractivity (Wildman–Crippen MR) is 59.9 cm³/mol. The number of hydrogen-bond donors (Lipinski definition) is 2. The lowest BCUT2D eigenvalue weighted by Crippen LogP contribution is -2.02. The fourth-order valence-corrected chi connectivity index (χ4v) is 1.60. The van der Waals surface area contributed by atoms with Gasteiger partial charge in [-0.3, -0.25) is 14.9 Å². The number of aromatic amines is 2. The first kappa shape index (κ1) is 8.84. The molecule has 0 fully saturated rings. The number of H-pyrrole nitrogens is 2. The zero-order chi connectivity index (χ0) is 11.0. The molecule has 0 amide bonds. The lowest BCUT2D eigenvalue weighted by atomic mass is 10.1. The first-order valence-electron chi connectivity index (χ1n) is 4.81. The van der Waals surface area contributed by atoms with Crippen molar-refractivity contribution in [2.45, 2.75) is 0 Å². The van der Waals surface area contributed by atoms with E-state index in [2.05, 4.69) is 20.2 Å². The van der Waals surface area contributed by atoms with E-state index in [0.29, 0.717) is 0 Å². The van der Waals surface area contributed by atoms with Crippen molar-refractivity contribution >= 4 is 11.0 Å². The third-order valence-corrected chi connectivity index (χ3v) is 2.40. The fraction of sp³-hybridized carbons (Fsp3) is 0. The average Bonchev–Trinajstić information content (AvgIpc) is 2.81. The monoisotopic (exact) mass is 212 g/mol. The highest BCUT2D eigenvalue weighted by atomic mass is 16.1. The van der Waals surface area contributed by atoms with Crippen LogP contribution in [0.4, 0.5) is 0 Å². The van der Waals surface area contributed by atoms with Crippen molar-refractivity contribution in [3.63, 3.8) is 0 Å². The number of hydrogen-bond acceptors (Lipinski definition) is 3. The van der Waals surface area contributed by atoms with Gasteiger partial charge < -0.3 is 4.98 Å². The van der Waals surface area contributed by atoms with Gasteiger partial charge in [0.15, 0.2) is 0 Å². The van der Waals surface area contributed by atoms with Crippen molar-refractivity contribution in [2.24, 2.45) is 0 Å². The quantitative estimate of drug-likeness (QED) is 0.638. The SMILES string of the molecule is O=c1ccc2ncc(-c3cn[nH]c3)cc2[nH]1. The molecule has 5 nitrogen and oxygen atoms in total. The zero-order valence-corrected chi connectivity index (χ0v) is 8.27. The van der Waals surface area contributed by atoms with E-state index in [1.54, 1.807) is 24.7 Å². The Morgan fingerprint density at radius 3 is 2.88 bits per heavy atom. The van der Waals surface area contributed by atoms with Crippen LogP contribution in [0, 0.1) is 0 Å². The molecule has 0 saturated heterocycles. The van der Waals surface area contributed by atoms with Gasteiger partial charge in [-0.2, -0.15) is 5.10 Å². The second-order valence-electron chi connectivity index (χ2n) is 3.47. The van der Waals surface area contributed by atoms with Gasteiger partial charge in [-0.05, 0) is 12.1 Å². The van der Waals surface area contributed by atoms with Crippen LogP contribution in [0.2, 0.25) is 0 Å². The summed E-state index contributed by atoms with van der Waals surface area (Å²) < 4.78 is 0. The van der Waals surface area contributed by atoms with Crippen molar-refractivity contribution < 1.29 is 0 Å². The number of aromatic nitrogens is 4. The molecule has 0 unspecified atom stereocenters. The first-order valence-corrected chi connectivity index (χ1v) is 4.81. The molecule has 3 rings (SSSR count). The Labute approximate surface area is 90.2 Å². The predicted octanol–water partition coefficient (Wildman–Crippen LogP) is 1.31. The molecule has 5 heteroatoms. The minimum absolute atomic E-state index is 0.126. The van der Waals surface area contributed by atoms with Crippen molar-refractivity contribution in [2.75, 3.05) is 0 Å². The van der Waals surface area contributed by atoms with Crippen LogP contribution in [-0.4, -0.2) is 20.2 Å². The van der Waals surface area contributed by atoms with Gasteiger partial charge in [0.2, 0.25) is 5.56 Å². The van der Waals surface area contributed by atoms with Gasteiger partial charge in [-0.1, -0.05) is 0 Å². The van der Waals surface area contributed by atoms with E-state index in [1.807, 2.05) is 6.07 Å². The second-order valence-corrected chi connectivity index (χ2v) is 3.47. The van der Waals surface area contributed by atoms with E-state index in [9.17, 15) is 4.79 Å². The Kier molecular flexibility index (Phi) is 1.83. The van der Waals surface area contributed by atoms with Gasteiger partial charge in [0.05, 0.1) is 17.2 Å². The smallest absolute Gasteiger partial charge is 0.248 e. The molecule has 0 atom stereocenters. The van der Waals surface area contributed by atoms with Crippen LogP contribution in [0.25, 0.3) is 22.2 Å². The van der Waals surface area contributed by atoms with Crippen LogP contribution < -0.4 is 5.56 Å². The Balaban J connectivity index is 2.26. The second kappa shape index (κ2) is 3.30. The Morgan fingerprint density at radius 1 is 1.12 bits per heavy atom. The van der Waals surface area contributed by atoms with Crippen LogP contribution in [0.5, 0.6) is 0 Å². The zero-order valence-electron chi connectivity index (χ0n) is 8.27. The summed E-state index contributed by atoms with van der Waals surface area (Å²) in [6.07, 6.45) is 5.25. The lowest BCUT2D eigenvalue weighted by Gasteiger charge is -1.99. The minimum Gasteiger partial charge on any atom is -0.321 e. The number of nitrogens with one attached hydrogen (secondary N) is 2. The molecule has 3 aromatic heterocycles. The number of nitrogens with zero attached hydrogens (tertiary/aromatic N) is 2. The van der Waals surface area contributed by atoms with E-state index < -0.39 is 0 Å². The molecule has 0 aromatic carbocycles. The average molecular weight is 212 g/mol. The molecule has 0 spiro atoms. The highest BCUT2D eigenvalue weighted by Crippen LogP contribution is 2.19. The summed E-state index contributed by atoms with van der Waals surface area (Å²) in [7, 11) is 0. The van der Waals surface area contributed by atoms with Gasteiger partial charge in [-0.25, -0.2) is 0 Å². The van der Waals surface area contributed by atoms with Gasteiger partial charge in [0, 0.05) is 29.6 Å². The Bertz CT molecular complexity index is 685. The summed E-state index contributed by atoms with van der Waals surface area (Å²) in [4.78, 5) is 18.2. The van der Waals surface area contributed by atoms with Crippen molar-refractivity contribution in [1.29, 1.82) is 0 Å². The van der Waals surface area contributed by atoms with Gasteiger partial charge >= 0.3 is 0 Å². The Morgan fingerprint density at radius 2 is 2.06 bits per heavy atom. The first-order chi connectivity index (χ1) is 7.83. The van der Waals surface area contributed by atoms with E-state index in [0.717, 1.165) is 22.2 Å². The maximum atomic E-state index is 11.2. The summed E-state index contributed by atoms with van der Waals surface area (Å²) >= 11 is 0. The molecule has 0 aliphatic rings. The molecule has 2 N–H and O–H groups in total. The molecular weight excluding hydrogens is 204 g/mol. The number of rotatable bonds is 1. The van der Waals surface area contributed by atoms with Crippen molar-refractivity contribution in [1.82, 2.24) is 20.2 Å². The molecule has 3 heterocycles. The number of fused-ring (bicyclic) bond motifs is 1. The topological polar surface area (TPSA) is 74.4 Å². The highest BCUT2D eigenvalue weighted by molar-refractivity contribution is 5.79. The molecule has 16 heavy (non-hydrogen) atoms. The van der Waals surface area contributed by atoms with Crippen molar-refractivity contribution in [3.8, 4) is 11.1 Å². The van der Waals surface area contributed by atoms with Crippen molar-refractivity contribution in [3.05, 3.63) is 47.1 Å². The van der Waals surface area contributed by atoms with Crippen LogP contribution >= 0.6 is 0 Å². The maximum Gasteiger partial charge on any atom is 0.248 e. The van der Waals surface area contributed by atoms with E-state index in [4.69, 9.17) is 0 Å². The van der Waals surface area contributed by atoms with Gasteiger partial charge in [-0.15, -0.1) is 0 Å². The largest absolute Gasteiger partial charge is 0.321 e. The third-order valence-electron chi connectivity index (χ3n) is 2.40. The number of pyridine rings is 2. The summed E-state index contributed by atoms with van der Waals surface area (Å²) in [5, 5.41) is 6.61. The molecule has 3 aromatic rings. The molecular formula is C11H8N4O.